The summed E-state index contributed by atoms with van der Waals surface area (Å²) in [4.78, 5) is 12.1. The Kier molecular flexibility index (Phi) is 3.33. The second kappa shape index (κ2) is 4.85. The van der Waals surface area contributed by atoms with E-state index in [1.807, 2.05) is 13.8 Å². The summed E-state index contributed by atoms with van der Waals surface area (Å²) in [5.41, 5.74) is -0.602. The number of carbonyl (C=O) groups is 1. The van der Waals surface area contributed by atoms with Crippen LogP contribution in [0.15, 0.2) is 24.3 Å². The molecule has 3 N–H and O–H groups in total. The maximum atomic E-state index is 12.1. The van der Waals surface area contributed by atoms with Crippen molar-refractivity contribution in [2.45, 2.75) is 50.5 Å². The van der Waals surface area contributed by atoms with Crippen LogP contribution in [0.4, 0.5) is 0 Å². The minimum atomic E-state index is -1.19. The summed E-state index contributed by atoms with van der Waals surface area (Å²) in [5.74, 6) is -0.520. The summed E-state index contributed by atoms with van der Waals surface area (Å²) < 4.78 is 0. The van der Waals surface area contributed by atoms with Crippen LogP contribution in [0.3, 0.4) is 0 Å². The number of rotatable bonds is 2. The van der Waals surface area contributed by atoms with Crippen molar-refractivity contribution in [3.8, 4) is 11.5 Å². The van der Waals surface area contributed by atoms with E-state index in [4.69, 9.17) is 0 Å². The average molecular weight is 302 g/mol. The molecule has 0 saturated carbocycles. The van der Waals surface area contributed by atoms with E-state index in [-0.39, 0.29) is 29.6 Å². The monoisotopic (exact) mass is 302 g/mol. The Bertz CT molecular complexity index is 663. The van der Waals surface area contributed by atoms with Crippen LogP contribution in [0.2, 0.25) is 0 Å². The van der Waals surface area contributed by atoms with Gasteiger partial charge in [-0.15, -0.1) is 0 Å². The zero-order valence-corrected chi connectivity index (χ0v) is 13.0. The van der Waals surface area contributed by atoms with E-state index >= 15 is 0 Å². The third-order valence-corrected chi connectivity index (χ3v) is 5.44. The number of ketones is 1. The summed E-state index contributed by atoms with van der Waals surface area (Å²) in [7, 11) is 0. The number of phenols is 2. The van der Waals surface area contributed by atoms with Crippen molar-refractivity contribution >= 4 is 5.78 Å². The first kappa shape index (κ1) is 15.1. The smallest absolute Gasteiger partial charge is 0.161 e. The van der Waals surface area contributed by atoms with Gasteiger partial charge in [0.15, 0.2) is 17.3 Å². The molecule has 1 aromatic carbocycles. The van der Waals surface area contributed by atoms with Gasteiger partial charge in [-0.1, -0.05) is 26.3 Å². The Morgan fingerprint density at radius 3 is 2.73 bits per heavy atom. The fourth-order valence-corrected chi connectivity index (χ4v) is 4.45. The number of carbonyl (C=O) groups excluding carboxylic acids is 1. The van der Waals surface area contributed by atoms with Gasteiger partial charge in [-0.3, -0.25) is 4.79 Å². The molecule has 0 aliphatic heterocycles. The highest BCUT2D eigenvalue weighted by Crippen LogP contribution is 2.57. The van der Waals surface area contributed by atoms with Gasteiger partial charge in [0.05, 0.1) is 5.60 Å². The van der Waals surface area contributed by atoms with Crippen molar-refractivity contribution in [3.63, 3.8) is 0 Å². The van der Waals surface area contributed by atoms with Gasteiger partial charge in [-0.05, 0) is 42.5 Å². The SMILES string of the molecule is CCCC12CC(=O)C=CC1(O)C(C)Cc1ccc(O)c(O)c12. The topological polar surface area (TPSA) is 77.8 Å². The lowest BCUT2D eigenvalue weighted by Gasteiger charge is -2.55. The molecule has 0 spiro atoms. The standard InChI is InChI=1S/C18H22O4/c1-3-7-17-10-13(19)6-8-18(17,22)11(2)9-12-4-5-14(20)16(21)15(12)17/h4-6,8,11,20-22H,3,7,9-10H2,1-2H3. The maximum Gasteiger partial charge on any atom is 0.161 e. The Balaban J connectivity index is 2.36. The molecule has 0 heterocycles. The Hall–Kier alpha value is -1.81. The Morgan fingerprint density at radius 2 is 2.05 bits per heavy atom. The lowest BCUT2D eigenvalue weighted by Crippen LogP contribution is -2.60. The van der Waals surface area contributed by atoms with Gasteiger partial charge in [-0.25, -0.2) is 0 Å². The van der Waals surface area contributed by atoms with E-state index in [0.717, 1.165) is 12.0 Å². The van der Waals surface area contributed by atoms with Gasteiger partial charge in [0.2, 0.25) is 0 Å². The Morgan fingerprint density at radius 1 is 1.32 bits per heavy atom. The first-order chi connectivity index (χ1) is 10.4. The molecule has 0 fully saturated rings. The first-order valence-electron chi connectivity index (χ1n) is 7.84. The normalized spacial score (nSPS) is 33.4. The molecule has 0 saturated heterocycles. The lowest BCUT2D eigenvalue weighted by molar-refractivity contribution is -0.124. The summed E-state index contributed by atoms with van der Waals surface area (Å²) in [5, 5.41) is 31.8. The van der Waals surface area contributed by atoms with Crippen LogP contribution in [0.25, 0.3) is 0 Å². The molecule has 0 amide bonds. The molecule has 0 radical (unpaired) electrons. The van der Waals surface area contributed by atoms with Crippen LogP contribution in [0.5, 0.6) is 11.5 Å². The molecular weight excluding hydrogens is 280 g/mol. The predicted molar refractivity (Wildman–Crippen MR) is 82.9 cm³/mol. The van der Waals surface area contributed by atoms with Gasteiger partial charge in [0, 0.05) is 17.4 Å². The number of allylic oxidation sites excluding steroid dienone is 1. The number of hydrogen-bond donors (Lipinski definition) is 3. The molecule has 3 atom stereocenters. The minimum Gasteiger partial charge on any atom is -0.504 e. The minimum absolute atomic E-state index is 0.0547. The molecule has 0 aromatic heterocycles. The average Bonchev–Trinajstić information content (AvgIpc) is 2.46. The quantitative estimate of drug-likeness (QED) is 0.734. The van der Waals surface area contributed by atoms with Gasteiger partial charge in [0.1, 0.15) is 0 Å². The molecule has 4 heteroatoms. The van der Waals surface area contributed by atoms with Gasteiger partial charge in [0.25, 0.3) is 0 Å². The largest absolute Gasteiger partial charge is 0.504 e. The molecule has 2 aliphatic rings. The first-order valence-corrected chi connectivity index (χ1v) is 7.84. The van der Waals surface area contributed by atoms with Crippen molar-refractivity contribution in [1.82, 2.24) is 0 Å². The zero-order valence-electron chi connectivity index (χ0n) is 13.0. The second-order valence-electron chi connectivity index (χ2n) is 6.71. The van der Waals surface area contributed by atoms with Crippen molar-refractivity contribution in [2.75, 3.05) is 0 Å². The van der Waals surface area contributed by atoms with Crippen molar-refractivity contribution in [3.05, 3.63) is 35.4 Å². The summed E-state index contributed by atoms with van der Waals surface area (Å²) in [6.45, 7) is 3.97. The van der Waals surface area contributed by atoms with Gasteiger partial charge in [-0.2, -0.15) is 0 Å². The molecule has 3 unspecified atom stereocenters. The van der Waals surface area contributed by atoms with Gasteiger partial charge >= 0.3 is 0 Å². The van der Waals surface area contributed by atoms with E-state index in [0.29, 0.717) is 18.4 Å². The highest BCUT2D eigenvalue weighted by atomic mass is 16.3. The number of hydrogen-bond acceptors (Lipinski definition) is 4. The number of benzene rings is 1. The summed E-state index contributed by atoms with van der Waals surface area (Å²) in [6, 6.07) is 3.27. The highest BCUT2D eigenvalue weighted by molar-refractivity contribution is 5.93. The lowest BCUT2D eigenvalue weighted by atomic mass is 9.51. The zero-order chi connectivity index (χ0) is 16.1. The second-order valence-corrected chi connectivity index (χ2v) is 6.71. The predicted octanol–water partition coefficient (Wildman–Crippen LogP) is 2.59. The van der Waals surface area contributed by atoms with E-state index in [1.54, 1.807) is 12.1 Å². The number of fused-ring (bicyclic) bond motifs is 3. The third kappa shape index (κ3) is 1.76. The molecule has 3 rings (SSSR count). The van der Waals surface area contributed by atoms with Crippen molar-refractivity contribution in [2.24, 2.45) is 5.92 Å². The van der Waals surface area contributed by atoms with E-state index in [1.165, 1.54) is 12.1 Å². The van der Waals surface area contributed by atoms with Crippen molar-refractivity contribution < 1.29 is 20.1 Å². The maximum absolute atomic E-state index is 12.1. The molecule has 2 aliphatic carbocycles. The van der Waals surface area contributed by atoms with Crippen LogP contribution in [-0.4, -0.2) is 26.7 Å². The molecule has 118 valence electrons. The van der Waals surface area contributed by atoms with E-state index in [9.17, 15) is 20.1 Å². The summed E-state index contributed by atoms with van der Waals surface area (Å²) >= 11 is 0. The fraction of sp³-hybridized carbons (Fsp3) is 0.500. The molecule has 0 bridgehead atoms. The molecule has 4 nitrogen and oxygen atoms in total. The van der Waals surface area contributed by atoms with Crippen LogP contribution in [0, 0.1) is 5.92 Å². The Labute approximate surface area is 130 Å². The van der Waals surface area contributed by atoms with Gasteiger partial charge < -0.3 is 15.3 Å². The molecule has 1 aromatic rings. The number of phenolic OH excluding ortho intramolecular Hbond substituents is 2. The third-order valence-electron chi connectivity index (χ3n) is 5.44. The van der Waals surface area contributed by atoms with Crippen LogP contribution < -0.4 is 0 Å². The van der Waals surface area contributed by atoms with Crippen LogP contribution >= 0.6 is 0 Å². The number of aliphatic hydroxyl groups is 1. The van der Waals surface area contributed by atoms with Crippen molar-refractivity contribution in [1.29, 1.82) is 0 Å². The fourth-order valence-electron chi connectivity index (χ4n) is 4.45. The molecule has 22 heavy (non-hydrogen) atoms. The summed E-state index contributed by atoms with van der Waals surface area (Å²) in [6.07, 6.45) is 5.16. The molecular formula is C18H22O4. The number of aromatic hydroxyl groups is 2. The van der Waals surface area contributed by atoms with E-state index in [2.05, 4.69) is 0 Å². The highest BCUT2D eigenvalue weighted by Gasteiger charge is 2.59. The van der Waals surface area contributed by atoms with Crippen LogP contribution in [0.1, 0.15) is 44.2 Å². The van der Waals surface area contributed by atoms with Crippen LogP contribution in [-0.2, 0) is 16.6 Å². The van der Waals surface area contributed by atoms with E-state index < -0.39 is 11.0 Å².